The molecule has 1 aromatic heterocycles. The first-order valence-corrected chi connectivity index (χ1v) is 7.88. The van der Waals surface area contributed by atoms with Crippen LogP contribution in [0.5, 0.6) is 0 Å². The van der Waals surface area contributed by atoms with Gasteiger partial charge in [0.2, 0.25) is 15.9 Å². The summed E-state index contributed by atoms with van der Waals surface area (Å²) >= 11 is 8.94. The highest BCUT2D eigenvalue weighted by Gasteiger charge is 2.30. The first-order chi connectivity index (χ1) is 8.66. The zero-order valence-electron chi connectivity index (χ0n) is 10.3. The highest BCUT2D eigenvalue weighted by Crippen LogP contribution is 2.26. The molecule has 0 saturated heterocycles. The van der Waals surface area contributed by atoms with Gasteiger partial charge in [0.05, 0.1) is 6.54 Å². The van der Waals surface area contributed by atoms with Gasteiger partial charge in [-0.25, -0.2) is 13.4 Å². The number of nitrogens with two attached hydrogens (primary N) is 1. The number of amides is 1. The van der Waals surface area contributed by atoms with Gasteiger partial charge < -0.3 is 5.73 Å². The molecule has 1 amide bonds. The maximum Gasteiger partial charge on any atom is 0.246 e. The summed E-state index contributed by atoms with van der Waals surface area (Å²) in [5.74, 6) is -0.739. The second-order valence-corrected chi connectivity index (χ2v) is 7.19. The van der Waals surface area contributed by atoms with Crippen molar-refractivity contribution in [2.75, 3.05) is 6.54 Å². The predicted octanol–water partition coefficient (Wildman–Crippen LogP) is 1.38. The van der Waals surface area contributed by atoms with Crippen LogP contribution in [0.25, 0.3) is 0 Å². The van der Waals surface area contributed by atoms with E-state index in [-0.39, 0.29) is 10.0 Å². The first-order valence-electron chi connectivity index (χ1n) is 5.27. The number of halogens is 2. The van der Waals surface area contributed by atoms with Crippen LogP contribution in [-0.4, -0.2) is 36.2 Å². The van der Waals surface area contributed by atoms with E-state index in [0.29, 0.717) is 4.47 Å². The lowest BCUT2D eigenvalue weighted by molar-refractivity contribution is -0.118. The van der Waals surface area contributed by atoms with Gasteiger partial charge in [-0.05, 0) is 35.8 Å². The normalized spacial score (nSPS) is 12.1. The Morgan fingerprint density at radius 2 is 2.16 bits per heavy atom. The van der Waals surface area contributed by atoms with Crippen molar-refractivity contribution in [1.82, 2.24) is 9.29 Å². The summed E-state index contributed by atoms with van der Waals surface area (Å²) in [7, 11) is -3.94. The molecule has 0 aliphatic carbocycles. The summed E-state index contributed by atoms with van der Waals surface area (Å²) in [4.78, 5) is 14.6. The summed E-state index contributed by atoms with van der Waals surface area (Å²) in [6.45, 7) is 2.86. The zero-order chi connectivity index (χ0) is 14.8. The van der Waals surface area contributed by atoms with Gasteiger partial charge in [-0.15, -0.1) is 0 Å². The molecule has 0 fully saturated rings. The van der Waals surface area contributed by atoms with Crippen LogP contribution < -0.4 is 5.73 Å². The van der Waals surface area contributed by atoms with Crippen LogP contribution in [0.15, 0.2) is 21.6 Å². The monoisotopic (exact) mass is 369 g/mol. The molecule has 0 aliphatic rings. The molecular formula is C10H13BrClN3O3S. The second-order valence-electron chi connectivity index (χ2n) is 4.05. The lowest BCUT2D eigenvalue weighted by atomic mass is 10.4. The summed E-state index contributed by atoms with van der Waals surface area (Å²) in [6, 6.07) is 0.897. The number of aromatic nitrogens is 1. The highest BCUT2D eigenvalue weighted by molar-refractivity contribution is 9.10. The van der Waals surface area contributed by atoms with E-state index in [1.807, 2.05) is 0 Å². The third kappa shape index (κ3) is 3.88. The summed E-state index contributed by atoms with van der Waals surface area (Å²) < 4.78 is 26.4. The molecule has 106 valence electrons. The SMILES string of the molecule is CC(C)N(CC(N)=O)S(=O)(=O)c1cc(Br)cnc1Cl. The topological polar surface area (TPSA) is 93.4 Å². The quantitative estimate of drug-likeness (QED) is 0.792. The fourth-order valence-electron chi connectivity index (χ4n) is 1.41. The van der Waals surface area contributed by atoms with Gasteiger partial charge in [-0.2, -0.15) is 4.31 Å². The van der Waals surface area contributed by atoms with Crippen LogP contribution in [0.1, 0.15) is 13.8 Å². The average Bonchev–Trinajstić information content (AvgIpc) is 2.28. The Morgan fingerprint density at radius 1 is 1.58 bits per heavy atom. The first kappa shape index (κ1) is 16.4. The molecule has 1 rings (SSSR count). The van der Waals surface area contributed by atoms with Gasteiger partial charge in [0.15, 0.2) is 0 Å². The molecule has 6 nitrogen and oxygen atoms in total. The minimum absolute atomic E-state index is 0.154. The summed E-state index contributed by atoms with van der Waals surface area (Å²) in [5.41, 5.74) is 5.07. The zero-order valence-corrected chi connectivity index (χ0v) is 13.5. The van der Waals surface area contributed by atoms with E-state index in [9.17, 15) is 13.2 Å². The summed E-state index contributed by atoms with van der Waals surface area (Å²) in [6.07, 6.45) is 1.38. The lowest BCUT2D eigenvalue weighted by Crippen LogP contribution is -2.42. The van der Waals surface area contributed by atoms with E-state index in [0.717, 1.165) is 4.31 Å². The van der Waals surface area contributed by atoms with E-state index in [1.165, 1.54) is 12.3 Å². The molecular weight excluding hydrogens is 358 g/mol. The highest BCUT2D eigenvalue weighted by atomic mass is 79.9. The fourth-order valence-corrected chi connectivity index (χ4v) is 3.93. The van der Waals surface area contributed by atoms with Crippen molar-refractivity contribution >= 4 is 43.5 Å². The van der Waals surface area contributed by atoms with E-state index in [4.69, 9.17) is 17.3 Å². The number of pyridine rings is 1. The number of nitrogens with zero attached hydrogens (tertiary/aromatic N) is 2. The van der Waals surface area contributed by atoms with Crippen LogP contribution >= 0.6 is 27.5 Å². The maximum absolute atomic E-state index is 12.5. The Hall–Kier alpha value is -0.700. The van der Waals surface area contributed by atoms with Crippen molar-refractivity contribution < 1.29 is 13.2 Å². The molecule has 1 aromatic rings. The maximum atomic E-state index is 12.5. The van der Waals surface area contributed by atoms with Crippen LogP contribution in [0.3, 0.4) is 0 Å². The third-order valence-electron chi connectivity index (χ3n) is 2.25. The van der Waals surface area contributed by atoms with Gasteiger partial charge in [-0.1, -0.05) is 11.6 Å². The van der Waals surface area contributed by atoms with Crippen LogP contribution in [0.4, 0.5) is 0 Å². The largest absolute Gasteiger partial charge is 0.369 e. The van der Waals surface area contributed by atoms with Crippen molar-refractivity contribution in [3.05, 3.63) is 21.9 Å². The molecule has 2 N–H and O–H groups in total. The van der Waals surface area contributed by atoms with Gasteiger partial charge in [0, 0.05) is 16.7 Å². The second kappa shape index (κ2) is 6.17. The van der Waals surface area contributed by atoms with Gasteiger partial charge in [0.1, 0.15) is 10.0 Å². The van der Waals surface area contributed by atoms with Gasteiger partial charge >= 0.3 is 0 Å². The van der Waals surface area contributed by atoms with Crippen molar-refractivity contribution in [3.63, 3.8) is 0 Å². The fraction of sp³-hybridized carbons (Fsp3) is 0.400. The lowest BCUT2D eigenvalue weighted by Gasteiger charge is -2.24. The Bertz CT molecular complexity index is 592. The van der Waals surface area contributed by atoms with E-state index in [2.05, 4.69) is 20.9 Å². The minimum atomic E-state index is -3.94. The Morgan fingerprint density at radius 3 is 2.63 bits per heavy atom. The van der Waals surface area contributed by atoms with Crippen molar-refractivity contribution in [1.29, 1.82) is 0 Å². The van der Waals surface area contributed by atoms with E-state index < -0.39 is 28.5 Å². The standard InChI is InChI=1S/C10H13BrClN3O3S/c1-6(2)15(5-9(13)16)19(17,18)8-3-7(11)4-14-10(8)12/h3-4,6H,5H2,1-2H3,(H2,13,16). The van der Waals surface area contributed by atoms with Crippen LogP contribution in [0.2, 0.25) is 5.15 Å². The molecule has 9 heteroatoms. The number of hydrogen-bond acceptors (Lipinski definition) is 4. The minimum Gasteiger partial charge on any atom is -0.369 e. The van der Waals surface area contributed by atoms with E-state index in [1.54, 1.807) is 13.8 Å². The van der Waals surface area contributed by atoms with E-state index >= 15 is 0 Å². The van der Waals surface area contributed by atoms with Crippen molar-refractivity contribution in [2.45, 2.75) is 24.8 Å². The molecule has 0 radical (unpaired) electrons. The third-order valence-corrected chi connectivity index (χ3v) is 5.13. The molecule has 0 bridgehead atoms. The van der Waals surface area contributed by atoms with Crippen molar-refractivity contribution in [2.24, 2.45) is 5.73 Å². The number of primary amides is 1. The Balaban J connectivity index is 3.34. The molecule has 0 aromatic carbocycles. The number of hydrogen-bond donors (Lipinski definition) is 1. The summed E-state index contributed by atoms with van der Waals surface area (Å²) in [5, 5.41) is -0.154. The van der Waals surface area contributed by atoms with Gasteiger partial charge in [0.25, 0.3) is 0 Å². The molecule has 19 heavy (non-hydrogen) atoms. The molecule has 0 aliphatic heterocycles. The predicted molar refractivity (Wildman–Crippen MR) is 75.2 cm³/mol. The van der Waals surface area contributed by atoms with Crippen LogP contribution in [0, 0.1) is 0 Å². The Kier molecular flexibility index (Phi) is 5.31. The number of carbonyl (C=O) groups excluding carboxylic acids is 1. The molecule has 0 saturated carbocycles. The Labute approximate surface area is 125 Å². The van der Waals surface area contributed by atoms with Crippen molar-refractivity contribution in [3.8, 4) is 0 Å². The van der Waals surface area contributed by atoms with Gasteiger partial charge in [-0.3, -0.25) is 4.79 Å². The molecule has 0 spiro atoms. The number of sulfonamides is 1. The van der Waals surface area contributed by atoms with Crippen LogP contribution in [-0.2, 0) is 14.8 Å². The molecule has 0 unspecified atom stereocenters. The molecule has 0 atom stereocenters. The smallest absolute Gasteiger partial charge is 0.246 e. The molecule has 1 heterocycles. The number of carbonyl (C=O) groups is 1. The number of rotatable bonds is 5. The average molecular weight is 371 g/mol.